The number of hydrogen-bond donors (Lipinski definition) is 1. The van der Waals surface area contributed by atoms with Crippen molar-refractivity contribution in [3.05, 3.63) is 58.0 Å². The number of carbonyl (C=O) groups is 1. The van der Waals surface area contributed by atoms with Crippen molar-refractivity contribution in [3.8, 4) is 5.69 Å². The number of hydrogen-bond acceptors (Lipinski definition) is 4. The number of aromatic nitrogens is 1. The van der Waals surface area contributed by atoms with Crippen molar-refractivity contribution in [2.75, 3.05) is 25.9 Å². The quantitative estimate of drug-likeness (QED) is 0.741. The number of benzene rings is 1. The van der Waals surface area contributed by atoms with Gasteiger partial charge in [0.1, 0.15) is 0 Å². The molecule has 1 amide bonds. The molecule has 3 aliphatic heterocycles. The average Bonchev–Trinajstić information content (AvgIpc) is 2.75. The number of rotatable bonds is 6. The van der Waals surface area contributed by atoms with E-state index in [0.29, 0.717) is 11.5 Å². The molecule has 1 atom stereocenters. The molecule has 3 fully saturated rings. The van der Waals surface area contributed by atoms with E-state index in [1.165, 1.54) is 11.6 Å². The first-order valence-corrected chi connectivity index (χ1v) is 11.7. The summed E-state index contributed by atoms with van der Waals surface area (Å²) in [7, 11) is 0. The fourth-order valence-electron chi connectivity index (χ4n) is 4.56. The molecule has 0 spiro atoms. The second-order valence-corrected chi connectivity index (χ2v) is 8.95. The Hall–Kier alpha value is -2.05. The van der Waals surface area contributed by atoms with E-state index in [9.17, 15) is 9.59 Å². The first-order valence-electron chi connectivity index (χ1n) is 10.5. The Morgan fingerprint density at radius 3 is 2.66 bits per heavy atom. The Bertz CT molecular complexity index is 947. The smallest absolute Gasteiger partial charge is 0.255 e. The maximum atomic E-state index is 12.9. The van der Waals surface area contributed by atoms with Crippen molar-refractivity contribution in [2.24, 2.45) is 5.92 Å². The van der Waals surface area contributed by atoms with Gasteiger partial charge in [-0.15, -0.1) is 11.8 Å². The van der Waals surface area contributed by atoms with Crippen molar-refractivity contribution < 1.29 is 4.79 Å². The zero-order chi connectivity index (χ0) is 20.4. The molecule has 5 rings (SSSR count). The van der Waals surface area contributed by atoms with Gasteiger partial charge in [0.25, 0.3) is 11.5 Å². The van der Waals surface area contributed by atoms with Crippen LogP contribution in [0.2, 0.25) is 0 Å². The lowest BCUT2D eigenvalue weighted by Gasteiger charge is -2.44. The molecule has 1 unspecified atom stereocenters. The zero-order valence-corrected chi connectivity index (χ0v) is 18.0. The number of carbonyl (C=O) groups excluding carboxylic acids is 1. The fraction of sp³-hybridized carbons (Fsp3) is 0.478. The molecule has 2 aromatic rings. The van der Waals surface area contributed by atoms with Crippen molar-refractivity contribution >= 4 is 17.7 Å². The van der Waals surface area contributed by atoms with E-state index in [0.717, 1.165) is 55.9 Å². The Morgan fingerprint density at radius 2 is 2.00 bits per heavy atom. The third kappa shape index (κ3) is 4.28. The lowest BCUT2D eigenvalue weighted by Crippen LogP contribution is -2.57. The van der Waals surface area contributed by atoms with Gasteiger partial charge in [-0.3, -0.25) is 14.2 Å². The van der Waals surface area contributed by atoms with Crippen LogP contribution in [0, 0.1) is 5.92 Å². The molecule has 154 valence electrons. The number of thioether (sulfide) groups is 1. The highest BCUT2D eigenvalue weighted by Crippen LogP contribution is 2.28. The molecule has 6 heteroatoms. The lowest BCUT2D eigenvalue weighted by atomic mass is 9.84. The van der Waals surface area contributed by atoms with Gasteiger partial charge in [-0.05, 0) is 68.3 Å². The molecular weight excluding hydrogens is 382 g/mol. The van der Waals surface area contributed by atoms with Crippen LogP contribution in [0.1, 0.15) is 42.1 Å². The summed E-state index contributed by atoms with van der Waals surface area (Å²) in [5.41, 5.74) is 2.51. The van der Waals surface area contributed by atoms with Gasteiger partial charge in [0.15, 0.2) is 0 Å². The van der Waals surface area contributed by atoms with E-state index < -0.39 is 0 Å². The average molecular weight is 412 g/mol. The van der Waals surface area contributed by atoms with Crippen molar-refractivity contribution in [1.82, 2.24) is 14.8 Å². The molecule has 2 bridgehead atoms. The number of amides is 1. The molecular formula is C23H29N3O2S. The number of fused-ring (bicyclic) bond motifs is 3. The van der Waals surface area contributed by atoms with E-state index in [1.54, 1.807) is 28.6 Å². The Labute approximate surface area is 176 Å². The van der Waals surface area contributed by atoms with Gasteiger partial charge in [0, 0.05) is 29.7 Å². The Balaban J connectivity index is 1.59. The largest absolute Gasteiger partial charge is 0.348 e. The predicted molar refractivity (Wildman–Crippen MR) is 118 cm³/mol. The summed E-state index contributed by atoms with van der Waals surface area (Å²) in [5, 5.41) is 3.22. The van der Waals surface area contributed by atoms with Gasteiger partial charge in [0.2, 0.25) is 0 Å². The maximum absolute atomic E-state index is 12.9. The van der Waals surface area contributed by atoms with Gasteiger partial charge < -0.3 is 10.2 Å². The predicted octanol–water partition coefficient (Wildman–Crippen LogP) is 3.34. The van der Waals surface area contributed by atoms with Gasteiger partial charge in [-0.2, -0.15) is 0 Å². The van der Waals surface area contributed by atoms with Crippen LogP contribution < -0.4 is 10.9 Å². The monoisotopic (exact) mass is 411 g/mol. The molecule has 1 N–H and O–H groups in total. The number of piperidine rings is 3. The van der Waals surface area contributed by atoms with Crippen LogP contribution in [-0.4, -0.2) is 47.3 Å². The van der Waals surface area contributed by atoms with Crippen LogP contribution in [0.5, 0.6) is 0 Å². The minimum Gasteiger partial charge on any atom is -0.348 e. The number of pyridine rings is 1. The van der Waals surface area contributed by atoms with Crippen LogP contribution in [0.4, 0.5) is 0 Å². The number of nitrogens with one attached hydrogen (secondary N) is 1. The molecule has 0 radical (unpaired) electrons. The maximum Gasteiger partial charge on any atom is 0.255 e. The van der Waals surface area contributed by atoms with Gasteiger partial charge in [-0.25, -0.2) is 0 Å². The molecule has 0 aliphatic carbocycles. The standard InChI is InChI=1S/C23H29N3O2S/c1-3-4-16-5-7-20(21(13-16)29-2)26-14-18(6-8-22(26)27)23(28)24-19-15-25-11-9-17(19)10-12-25/h5-8,13-14,17,19H,3-4,9-12,15H2,1-2H3,(H,24,28). The second kappa shape index (κ2) is 8.76. The van der Waals surface area contributed by atoms with E-state index in [2.05, 4.69) is 29.3 Å². The molecule has 0 saturated carbocycles. The van der Waals surface area contributed by atoms with E-state index in [1.807, 2.05) is 12.3 Å². The molecule has 1 aromatic heterocycles. The van der Waals surface area contributed by atoms with Crippen LogP contribution in [0.3, 0.4) is 0 Å². The van der Waals surface area contributed by atoms with Crippen molar-refractivity contribution in [2.45, 2.75) is 43.5 Å². The molecule has 4 heterocycles. The molecule has 3 saturated heterocycles. The highest BCUT2D eigenvalue weighted by atomic mass is 32.2. The zero-order valence-electron chi connectivity index (χ0n) is 17.2. The molecule has 3 aliphatic rings. The van der Waals surface area contributed by atoms with Crippen LogP contribution in [-0.2, 0) is 6.42 Å². The fourth-order valence-corrected chi connectivity index (χ4v) is 5.20. The second-order valence-electron chi connectivity index (χ2n) is 8.10. The minimum atomic E-state index is -0.122. The highest BCUT2D eigenvalue weighted by Gasteiger charge is 2.35. The lowest BCUT2D eigenvalue weighted by molar-refractivity contribution is 0.0620. The molecule has 1 aromatic carbocycles. The van der Waals surface area contributed by atoms with Gasteiger partial charge >= 0.3 is 0 Å². The van der Waals surface area contributed by atoms with E-state index in [-0.39, 0.29) is 17.5 Å². The van der Waals surface area contributed by atoms with Gasteiger partial charge in [-0.1, -0.05) is 19.4 Å². The number of aryl methyl sites for hydroxylation is 1. The topological polar surface area (TPSA) is 54.3 Å². The summed E-state index contributed by atoms with van der Waals surface area (Å²) in [6.07, 6.45) is 8.13. The van der Waals surface area contributed by atoms with Crippen LogP contribution >= 0.6 is 11.8 Å². The summed E-state index contributed by atoms with van der Waals surface area (Å²) in [4.78, 5) is 29.0. The van der Waals surface area contributed by atoms with Gasteiger partial charge in [0.05, 0.1) is 11.3 Å². The third-order valence-corrected chi connectivity index (χ3v) is 6.96. The summed E-state index contributed by atoms with van der Waals surface area (Å²) in [6, 6.07) is 9.56. The molecule has 29 heavy (non-hydrogen) atoms. The summed E-state index contributed by atoms with van der Waals surface area (Å²) in [5.74, 6) is 0.481. The Kier molecular flexibility index (Phi) is 6.11. The van der Waals surface area contributed by atoms with Crippen LogP contribution in [0.25, 0.3) is 5.69 Å². The first kappa shape index (κ1) is 20.2. The summed E-state index contributed by atoms with van der Waals surface area (Å²) >= 11 is 1.62. The number of nitrogens with zero attached hydrogens (tertiary/aromatic N) is 2. The first-order chi connectivity index (χ1) is 14.1. The molecule has 5 nitrogen and oxygen atoms in total. The summed E-state index contributed by atoms with van der Waals surface area (Å²) in [6.45, 7) is 5.39. The van der Waals surface area contributed by atoms with Crippen molar-refractivity contribution in [3.63, 3.8) is 0 Å². The SMILES string of the molecule is CCCc1ccc(-n2cc(C(=O)NC3CN4CCC3CC4)ccc2=O)c(SC)c1. The van der Waals surface area contributed by atoms with E-state index >= 15 is 0 Å². The normalized spacial score (nSPS) is 23.2. The van der Waals surface area contributed by atoms with E-state index in [4.69, 9.17) is 0 Å². The minimum absolute atomic E-state index is 0.0918. The third-order valence-electron chi connectivity index (χ3n) is 6.19. The highest BCUT2D eigenvalue weighted by molar-refractivity contribution is 7.98. The van der Waals surface area contributed by atoms with Crippen LogP contribution in [0.15, 0.2) is 46.2 Å². The van der Waals surface area contributed by atoms with Crippen molar-refractivity contribution in [1.29, 1.82) is 0 Å². The Morgan fingerprint density at radius 1 is 1.21 bits per heavy atom. The summed E-state index contributed by atoms with van der Waals surface area (Å²) < 4.78 is 1.60.